The van der Waals surface area contributed by atoms with Gasteiger partial charge in [0, 0.05) is 12.6 Å². The van der Waals surface area contributed by atoms with Gasteiger partial charge in [-0.15, -0.1) is 11.3 Å². The zero-order valence-corrected chi connectivity index (χ0v) is 9.99. The first-order valence-corrected chi connectivity index (χ1v) is 6.06. The standard InChI is InChI=1S/C13H9N2OS/c1-15-8-14-10-7-9(4-5-11(10)15)13(16)12-3-2-6-17-12/h2-7H,1H3. The summed E-state index contributed by atoms with van der Waals surface area (Å²) in [6.07, 6.45) is 2.84. The summed E-state index contributed by atoms with van der Waals surface area (Å²) in [5.41, 5.74) is 2.45. The van der Waals surface area contributed by atoms with Crippen molar-refractivity contribution in [2.75, 3.05) is 0 Å². The second kappa shape index (κ2) is 3.82. The van der Waals surface area contributed by atoms with Crippen LogP contribution < -0.4 is 0 Å². The molecular weight excluding hydrogens is 232 g/mol. The Morgan fingerprint density at radius 1 is 1.41 bits per heavy atom. The molecule has 3 nitrogen and oxygen atoms in total. The molecule has 0 spiro atoms. The molecule has 17 heavy (non-hydrogen) atoms. The van der Waals surface area contributed by atoms with E-state index in [0.717, 1.165) is 15.9 Å². The van der Waals surface area contributed by atoms with Crippen molar-refractivity contribution in [3.8, 4) is 0 Å². The van der Waals surface area contributed by atoms with Gasteiger partial charge in [-0.3, -0.25) is 4.79 Å². The average Bonchev–Trinajstić information content (AvgIpc) is 2.98. The topological polar surface area (TPSA) is 34.9 Å². The highest BCUT2D eigenvalue weighted by molar-refractivity contribution is 7.12. The summed E-state index contributed by atoms with van der Waals surface area (Å²) in [7, 11) is 1.89. The Morgan fingerprint density at radius 2 is 2.29 bits per heavy atom. The number of hydrogen-bond donors (Lipinski definition) is 0. The number of rotatable bonds is 2. The van der Waals surface area contributed by atoms with Gasteiger partial charge in [-0.05, 0) is 29.6 Å². The molecule has 1 radical (unpaired) electrons. The Balaban J connectivity index is 2.09. The summed E-state index contributed by atoms with van der Waals surface area (Å²) in [6.45, 7) is 0. The van der Waals surface area contributed by atoms with E-state index in [0.29, 0.717) is 5.56 Å². The maximum absolute atomic E-state index is 12.1. The van der Waals surface area contributed by atoms with E-state index in [-0.39, 0.29) is 5.78 Å². The minimum absolute atomic E-state index is 0.0487. The number of ketones is 1. The molecule has 0 amide bonds. The predicted octanol–water partition coefficient (Wildman–Crippen LogP) is 2.67. The quantitative estimate of drug-likeness (QED) is 0.646. The molecule has 0 atom stereocenters. The maximum atomic E-state index is 12.1. The molecule has 0 bridgehead atoms. The second-order valence-corrected chi connectivity index (χ2v) is 4.73. The van der Waals surface area contributed by atoms with E-state index >= 15 is 0 Å². The highest BCUT2D eigenvalue weighted by Crippen LogP contribution is 2.19. The lowest BCUT2D eigenvalue weighted by atomic mass is 10.1. The third-order valence-electron chi connectivity index (χ3n) is 2.66. The lowest BCUT2D eigenvalue weighted by Gasteiger charge is -1.99. The predicted molar refractivity (Wildman–Crippen MR) is 67.3 cm³/mol. The summed E-state index contributed by atoms with van der Waals surface area (Å²) in [6, 6.07) is 9.26. The van der Waals surface area contributed by atoms with Gasteiger partial charge in [-0.2, -0.15) is 0 Å². The molecule has 0 saturated carbocycles. The highest BCUT2D eigenvalue weighted by atomic mass is 32.1. The van der Waals surface area contributed by atoms with Gasteiger partial charge in [-0.25, -0.2) is 4.98 Å². The molecule has 0 aliphatic carbocycles. The van der Waals surface area contributed by atoms with Gasteiger partial charge < -0.3 is 4.57 Å². The fourth-order valence-electron chi connectivity index (χ4n) is 1.77. The largest absolute Gasteiger partial charge is 0.324 e. The van der Waals surface area contributed by atoms with Gasteiger partial charge in [0.25, 0.3) is 0 Å². The molecule has 83 valence electrons. The van der Waals surface area contributed by atoms with E-state index in [2.05, 4.69) is 11.3 Å². The normalized spacial score (nSPS) is 10.9. The fraction of sp³-hybridized carbons (Fsp3) is 0.0769. The number of aryl methyl sites for hydroxylation is 1. The number of benzene rings is 1. The molecule has 0 saturated heterocycles. The number of nitrogens with zero attached hydrogens (tertiary/aromatic N) is 2. The summed E-state index contributed by atoms with van der Waals surface area (Å²) < 4.78 is 1.81. The number of carbonyl (C=O) groups excluding carboxylic acids is 1. The number of hydrogen-bond acceptors (Lipinski definition) is 3. The first-order chi connectivity index (χ1) is 8.25. The zero-order valence-electron chi connectivity index (χ0n) is 9.18. The van der Waals surface area contributed by atoms with Gasteiger partial charge in [-0.1, -0.05) is 6.07 Å². The summed E-state index contributed by atoms with van der Waals surface area (Å²) in [4.78, 5) is 17.0. The molecule has 0 aliphatic heterocycles. The third kappa shape index (κ3) is 1.66. The lowest BCUT2D eigenvalue weighted by Crippen LogP contribution is -1.98. The van der Waals surface area contributed by atoms with Crippen molar-refractivity contribution < 1.29 is 4.79 Å². The van der Waals surface area contributed by atoms with Crippen LogP contribution in [0.15, 0.2) is 35.7 Å². The zero-order chi connectivity index (χ0) is 11.8. The summed E-state index contributed by atoms with van der Waals surface area (Å²) in [5, 5.41) is 1.90. The van der Waals surface area contributed by atoms with Crippen LogP contribution in [0.4, 0.5) is 0 Å². The maximum Gasteiger partial charge on any atom is 0.203 e. The molecule has 0 aliphatic rings. The van der Waals surface area contributed by atoms with Crippen LogP contribution in [0.1, 0.15) is 15.2 Å². The molecular formula is C13H9N2OS. The molecule has 2 heterocycles. The molecule has 1 aromatic carbocycles. The van der Waals surface area contributed by atoms with Crippen molar-refractivity contribution in [1.82, 2.24) is 9.55 Å². The Hall–Kier alpha value is -1.94. The van der Waals surface area contributed by atoms with E-state index in [1.165, 1.54) is 11.3 Å². The van der Waals surface area contributed by atoms with Crippen LogP contribution in [0, 0.1) is 6.33 Å². The second-order valence-electron chi connectivity index (χ2n) is 3.78. The Kier molecular flexibility index (Phi) is 2.30. The van der Waals surface area contributed by atoms with Gasteiger partial charge in [0.05, 0.1) is 15.9 Å². The smallest absolute Gasteiger partial charge is 0.203 e. The first kappa shape index (κ1) is 10.2. The average molecular weight is 241 g/mol. The molecule has 0 unspecified atom stereocenters. The van der Waals surface area contributed by atoms with Crippen molar-refractivity contribution in [2.24, 2.45) is 7.05 Å². The van der Waals surface area contributed by atoms with Crippen molar-refractivity contribution in [3.63, 3.8) is 0 Å². The van der Waals surface area contributed by atoms with Crippen LogP contribution >= 0.6 is 11.3 Å². The molecule has 0 fully saturated rings. The summed E-state index contributed by atoms with van der Waals surface area (Å²) in [5.74, 6) is 0.0487. The van der Waals surface area contributed by atoms with Crippen LogP contribution in [0.25, 0.3) is 11.0 Å². The first-order valence-electron chi connectivity index (χ1n) is 5.18. The lowest BCUT2D eigenvalue weighted by molar-refractivity contribution is 0.104. The monoisotopic (exact) mass is 241 g/mol. The summed E-state index contributed by atoms with van der Waals surface area (Å²) >= 11 is 1.45. The molecule has 0 N–H and O–H groups in total. The number of fused-ring (bicyclic) bond motifs is 1. The van der Waals surface area contributed by atoms with Crippen LogP contribution in [0.2, 0.25) is 0 Å². The van der Waals surface area contributed by atoms with E-state index in [1.54, 1.807) is 0 Å². The minimum Gasteiger partial charge on any atom is -0.324 e. The number of aromatic nitrogens is 2. The van der Waals surface area contributed by atoms with Gasteiger partial charge >= 0.3 is 0 Å². The van der Waals surface area contributed by atoms with E-state index in [9.17, 15) is 4.79 Å². The van der Waals surface area contributed by atoms with Crippen LogP contribution in [-0.4, -0.2) is 15.3 Å². The molecule has 4 heteroatoms. The van der Waals surface area contributed by atoms with Gasteiger partial charge in [0.15, 0.2) is 6.33 Å². The minimum atomic E-state index is 0.0487. The molecule has 3 rings (SSSR count). The fourth-order valence-corrected chi connectivity index (χ4v) is 2.46. The SMILES string of the molecule is Cn1[c]nc2cc(C(=O)c3cccs3)ccc21. The Labute approximate surface area is 102 Å². The Morgan fingerprint density at radius 3 is 3.06 bits per heavy atom. The third-order valence-corrected chi connectivity index (χ3v) is 3.53. The van der Waals surface area contributed by atoms with E-state index in [4.69, 9.17) is 0 Å². The van der Waals surface area contributed by atoms with Crippen LogP contribution in [0.5, 0.6) is 0 Å². The van der Waals surface area contributed by atoms with Crippen molar-refractivity contribution in [2.45, 2.75) is 0 Å². The van der Waals surface area contributed by atoms with Crippen molar-refractivity contribution in [1.29, 1.82) is 0 Å². The molecule has 2 aromatic heterocycles. The van der Waals surface area contributed by atoms with Crippen molar-refractivity contribution in [3.05, 3.63) is 52.5 Å². The van der Waals surface area contributed by atoms with E-state index in [1.807, 2.05) is 47.3 Å². The van der Waals surface area contributed by atoms with Gasteiger partial charge in [0.2, 0.25) is 5.78 Å². The Bertz CT molecular complexity index is 683. The van der Waals surface area contributed by atoms with E-state index < -0.39 is 0 Å². The number of imidazole rings is 1. The highest BCUT2D eigenvalue weighted by Gasteiger charge is 2.11. The van der Waals surface area contributed by atoms with Crippen molar-refractivity contribution >= 4 is 28.2 Å². The molecule has 3 aromatic rings. The number of carbonyl (C=O) groups is 1. The van der Waals surface area contributed by atoms with Crippen LogP contribution in [0.3, 0.4) is 0 Å². The van der Waals surface area contributed by atoms with Gasteiger partial charge in [0.1, 0.15) is 0 Å². The van der Waals surface area contributed by atoms with Crippen LogP contribution in [-0.2, 0) is 7.05 Å². The number of thiophene rings is 1.